The molecule has 0 aliphatic heterocycles. The summed E-state index contributed by atoms with van der Waals surface area (Å²) >= 11 is 0. The molecule has 0 amide bonds. The number of hydrogen-bond acceptors (Lipinski definition) is 3. The normalized spacial score (nSPS) is 18.1. The van der Waals surface area contributed by atoms with Crippen LogP contribution in [0.3, 0.4) is 0 Å². The standard InChI is InChI=1S/C18H28FN3O2S.HI/c1-18(2)10-8-14(9-11-18)22-17(20-3)21-12-13-25(23,24)16-7-5-4-6-15(16)19;/h4-7,14H,8-13H2,1-3H3,(H2,20,21,22);1H. The van der Waals surface area contributed by atoms with Crippen LogP contribution in [-0.2, 0) is 9.84 Å². The second-order valence-electron chi connectivity index (χ2n) is 7.33. The van der Waals surface area contributed by atoms with Gasteiger partial charge in [0.1, 0.15) is 10.7 Å². The van der Waals surface area contributed by atoms with E-state index in [2.05, 4.69) is 29.5 Å². The number of nitrogens with zero attached hydrogens (tertiary/aromatic N) is 1. The van der Waals surface area contributed by atoms with E-state index in [4.69, 9.17) is 0 Å². The average Bonchev–Trinajstić information content (AvgIpc) is 2.55. The predicted octanol–water partition coefficient (Wildman–Crippen LogP) is 3.35. The molecule has 0 heterocycles. The minimum atomic E-state index is -3.66. The van der Waals surface area contributed by atoms with Crippen molar-refractivity contribution in [3.8, 4) is 0 Å². The van der Waals surface area contributed by atoms with Crippen LogP contribution in [-0.4, -0.2) is 39.8 Å². The molecule has 0 radical (unpaired) electrons. The van der Waals surface area contributed by atoms with Crippen molar-refractivity contribution in [1.82, 2.24) is 10.6 Å². The second kappa shape index (κ2) is 9.87. The fourth-order valence-corrected chi connectivity index (χ4v) is 4.28. The van der Waals surface area contributed by atoms with E-state index >= 15 is 0 Å². The molecule has 0 aromatic heterocycles. The van der Waals surface area contributed by atoms with Gasteiger partial charge < -0.3 is 10.6 Å². The minimum Gasteiger partial charge on any atom is -0.355 e. The summed E-state index contributed by atoms with van der Waals surface area (Å²) in [6.45, 7) is 4.74. The average molecular weight is 497 g/mol. The molecule has 8 heteroatoms. The molecule has 0 atom stereocenters. The molecule has 2 N–H and O–H groups in total. The first-order valence-corrected chi connectivity index (χ1v) is 10.3. The minimum absolute atomic E-state index is 0. The van der Waals surface area contributed by atoms with E-state index in [1.807, 2.05) is 0 Å². The Hall–Kier alpha value is -0.900. The molecule has 0 spiro atoms. The van der Waals surface area contributed by atoms with Gasteiger partial charge in [-0.25, -0.2) is 12.8 Å². The summed E-state index contributed by atoms with van der Waals surface area (Å²) in [6.07, 6.45) is 4.45. The van der Waals surface area contributed by atoms with Crippen molar-refractivity contribution in [2.45, 2.75) is 50.5 Å². The molecule has 1 saturated carbocycles. The van der Waals surface area contributed by atoms with Gasteiger partial charge in [0.25, 0.3) is 0 Å². The molecule has 26 heavy (non-hydrogen) atoms. The van der Waals surface area contributed by atoms with Crippen LogP contribution in [0.4, 0.5) is 4.39 Å². The van der Waals surface area contributed by atoms with E-state index in [9.17, 15) is 12.8 Å². The first-order valence-electron chi connectivity index (χ1n) is 8.68. The summed E-state index contributed by atoms with van der Waals surface area (Å²) in [5, 5.41) is 6.37. The number of nitrogens with one attached hydrogen (secondary N) is 2. The zero-order chi connectivity index (χ0) is 18.5. The van der Waals surface area contributed by atoms with Crippen LogP contribution in [0.5, 0.6) is 0 Å². The van der Waals surface area contributed by atoms with Gasteiger partial charge in [-0.05, 0) is 43.2 Å². The van der Waals surface area contributed by atoms with Gasteiger partial charge in [0.15, 0.2) is 15.8 Å². The summed E-state index contributed by atoms with van der Waals surface area (Å²) < 4.78 is 38.2. The molecule has 148 valence electrons. The van der Waals surface area contributed by atoms with Crippen LogP contribution >= 0.6 is 24.0 Å². The first kappa shape index (κ1) is 23.1. The van der Waals surface area contributed by atoms with Crippen LogP contribution in [0, 0.1) is 11.2 Å². The molecule has 0 bridgehead atoms. The van der Waals surface area contributed by atoms with Gasteiger partial charge in [-0.15, -0.1) is 24.0 Å². The maximum Gasteiger partial charge on any atom is 0.191 e. The van der Waals surface area contributed by atoms with Gasteiger partial charge >= 0.3 is 0 Å². The van der Waals surface area contributed by atoms with Crippen molar-refractivity contribution in [2.75, 3.05) is 19.3 Å². The van der Waals surface area contributed by atoms with Crippen LogP contribution in [0.1, 0.15) is 39.5 Å². The van der Waals surface area contributed by atoms with Crippen molar-refractivity contribution in [3.05, 3.63) is 30.1 Å². The second-order valence-corrected chi connectivity index (χ2v) is 9.41. The lowest BCUT2D eigenvalue weighted by Gasteiger charge is -2.35. The third kappa shape index (κ3) is 6.68. The lowest BCUT2D eigenvalue weighted by Crippen LogP contribution is -2.46. The highest BCUT2D eigenvalue weighted by molar-refractivity contribution is 14.0. The van der Waals surface area contributed by atoms with Crippen molar-refractivity contribution in [3.63, 3.8) is 0 Å². The Bertz CT molecular complexity index is 713. The van der Waals surface area contributed by atoms with Gasteiger partial charge in [0.05, 0.1) is 5.75 Å². The van der Waals surface area contributed by atoms with Gasteiger partial charge in [0.2, 0.25) is 0 Å². The maximum absolute atomic E-state index is 13.7. The summed E-state index contributed by atoms with van der Waals surface area (Å²) in [7, 11) is -2.00. The number of guanidine groups is 1. The third-order valence-corrected chi connectivity index (χ3v) is 6.48. The predicted molar refractivity (Wildman–Crippen MR) is 114 cm³/mol. The first-order chi connectivity index (χ1) is 11.7. The summed E-state index contributed by atoms with van der Waals surface area (Å²) in [5.74, 6) is -0.310. The smallest absolute Gasteiger partial charge is 0.191 e. The van der Waals surface area contributed by atoms with Crippen molar-refractivity contribution in [1.29, 1.82) is 0 Å². The SMILES string of the molecule is CN=C(NCCS(=O)(=O)c1ccccc1F)NC1CCC(C)(C)CC1.I. The fraction of sp³-hybridized carbons (Fsp3) is 0.611. The molecular formula is C18H29FIN3O2S. The summed E-state index contributed by atoms with van der Waals surface area (Å²) in [5.41, 5.74) is 0.392. The molecule has 5 nitrogen and oxygen atoms in total. The Balaban J connectivity index is 0.00000338. The Morgan fingerprint density at radius 2 is 1.88 bits per heavy atom. The van der Waals surface area contributed by atoms with Gasteiger partial charge in [-0.3, -0.25) is 4.99 Å². The van der Waals surface area contributed by atoms with Crippen molar-refractivity contribution >= 4 is 39.8 Å². The monoisotopic (exact) mass is 497 g/mol. The van der Waals surface area contributed by atoms with E-state index < -0.39 is 15.7 Å². The van der Waals surface area contributed by atoms with Gasteiger partial charge in [0, 0.05) is 19.6 Å². The number of rotatable bonds is 5. The zero-order valence-electron chi connectivity index (χ0n) is 15.6. The Morgan fingerprint density at radius 3 is 2.46 bits per heavy atom. The van der Waals surface area contributed by atoms with E-state index in [-0.39, 0.29) is 41.2 Å². The van der Waals surface area contributed by atoms with Crippen molar-refractivity contribution in [2.24, 2.45) is 10.4 Å². The maximum atomic E-state index is 13.7. The van der Waals surface area contributed by atoms with Crippen LogP contribution < -0.4 is 10.6 Å². The van der Waals surface area contributed by atoms with Gasteiger partial charge in [-0.1, -0.05) is 26.0 Å². The number of benzene rings is 1. The quantitative estimate of drug-likeness (QED) is 0.372. The topological polar surface area (TPSA) is 70.6 Å². The molecule has 2 rings (SSSR count). The molecule has 1 aromatic rings. The molecule has 0 saturated heterocycles. The Morgan fingerprint density at radius 1 is 1.27 bits per heavy atom. The van der Waals surface area contributed by atoms with E-state index in [0.717, 1.165) is 31.7 Å². The molecule has 0 unspecified atom stereocenters. The highest BCUT2D eigenvalue weighted by atomic mass is 127. The molecule has 1 aromatic carbocycles. The molecular weight excluding hydrogens is 468 g/mol. The van der Waals surface area contributed by atoms with Crippen LogP contribution in [0.15, 0.2) is 34.2 Å². The molecule has 1 aliphatic carbocycles. The largest absolute Gasteiger partial charge is 0.355 e. The number of hydrogen-bond donors (Lipinski definition) is 2. The molecule has 1 fully saturated rings. The lowest BCUT2D eigenvalue weighted by atomic mass is 9.75. The molecule has 1 aliphatic rings. The van der Waals surface area contributed by atoms with E-state index in [1.54, 1.807) is 7.05 Å². The highest BCUT2D eigenvalue weighted by Crippen LogP contribution is 2.34. The van der Waals surface area contributed by atoms with Crippen LogP contribution in [0.2, 0.25) is 0 Å². The third-order valence-electron chi connectivity index (χ3n) is 4.74. The number of aliphatic imine (C=N–C) groups is 1. The summed E-state index contributed by atoms with van der Waals surface area (Å²) in [6, 6.07) is 5.80. The summed E-state index contributed by atoms with van der Waals surface area (Å²) in [4.78, 5) is 3.90. The Labute approximate surface area is 173 Å². The van der Waals surface area contributed by atoms with Gasteiger partial charge in [-0.2, -0.15) is 0 Å². The van der Waals surface area contributed by atoms with E-state index in [0.29, 0.717) is 17.4 Å². The fourth-order valence-electron chi connectivity index (χ4n) is 3.04. The van der Waals surface area contributed by atoms with Crippen molar-refractivity contribution < 1.29 is 12.8 Å². The number of halogens is 2. The zero-order valence-corrected chi connectivity index (χ0v) is 18.7. The van der Waals surface area contributed by atoms with E-state index in [1.165, 1.54) is 18.2 Å². The highest BCUT2D eigenvalue weighted by Gasteiger charge is 2.27. The number of sulfone groups is 1. The van der Waals surface area contributed by atoms with Crippen LogP contribution in [0.25, 0.3) is 0 Å². The Kier molecular flexibility index (Phi) is 8.78. The lowest BCUT2D eigenvalue weighted by molar-refractivity contribution is 0.216.